The van der Waals surface area contributed by atoms with Crippen LogP contribution < -0.4 is 25.0 Å². The number of nitrogens with two attached hydrogens (primary N) is 1. The number of unbranched alkanes of at least 4 members (excludes halogenated alkanes) is 2. The molecule has 2 aromatic carbocycles. The van der Waals surface area contributed by atoms with Gasteiger partial charge in [0.25, 0.3) is 0 Å². The first-order valence-electron chi connectivity index (χ1n) is 13.7. The molecule has 0 unspecified atom stereocenters. The topological polar surface area (TPSA) is 106 Å². The third-order valence-corrected chi connectivity index (χ3v) is 8.16. The monoisotopic (exact) mass is 551 g/mol. The van der Waals surface area contributed by atoms with Crippen molar-refractivity contribution >= 4 is 27.3 Å². The van der Waals surface area contributed by atoms with Crippen LogP contribution in [-0.4, -0.2) is 68.6 Å². The summed E-state index contributed by atoms with van der Waals surface area (Å²) >= 11 is 1.81. The Morgan fingerprint density at radius 3 is 2.10 bits per heavy atom. The molecule has 10 heteroatoms. The molecule has 0 bridgehead atoms. The van der Waals surface area contributed by atoms with E-state index in [1.165, 1.54) is 17.8 Å². The van der Waals surface area contributed by atoms with Gasteiger partial charge in [-0.15, -0.1) is 0 Å². The standard InChI is InChI=1S/C29H37N5O4S/c30-27(32-35)23-8-12-25(13-9-23)38-19-5-1-4-18-37-24-10-6-22(7-11-24)26-28(33-14-2-3-15-33)39-29(31-26)34-16-20-36-21-17-34/h6-13,35H,1-5,14-21H2,(H2,30,32). The first kappa shape index (κ1) is 27.1. The van der Waals surface area contributed by atoms with Crippen molar-refractivity contribution in [3.8, 4) is 22.8 Å². The maximum Gasteiger partial charge on any atom is 0.188 e. The Morgan fingerprint density at radius 1 is 0.872 bits per heavy atom. The maximum atomic E-state index is 8.74. The van der Waals surface area contributed by atoms with Crippen LogP contribution in [0.1, 0.15) is 37.7 Å². The zero-order chi connectivity index (χ0) is 26.9. The van der Waals surface area contributed by atoms with E-state index in [0.717, 1.165) is 86.5 Å². The zero-order valence-electron chi connectivity index (χ0n) is 22.3. The third kappa shape index (κ3) is 7.13. The summed E-state index contributed by atoms with van der Waals surface area (Å²) in [6.07, 6.45) is 5.41. The molecule has 2 aliphatic heterocycles. The fourth-order valence-corrected chi connectivity index (χ4v) is 5.96. The number of morpholine rings is 1. The number of benzene rings is 2. The van der Waals surface area contributed by atoms with Gasteiger partial charge in [0.1, 0.15) is 22.2 Å². The summed E-state index contributed by atoms with van der Waals surface area (Å²) in [5.41, 5.74) is 8.46. The Bertz CT molecular complexity index is 1200. The van der Waals surface area contributed by atoms with E-state index in [9.17, 15) is 0 Å². The average molecular weight is 552 g/mol. The predicted octanol–water partition coefficient (Wildman–Crippen LogP) is 4.97. The number of anilines is 2. The molecule has 0 spiro atoms. The minimum atomic E-state index is 0.0871. The van der Waals surface area contributed by atoms with Crippen molar-refractivity contribution in [2.45, 2.75) is 32.1 Å². The van der Waals surface area contributed by atoms with Gasteiger partial charge >= 0.3 is 0 Å². The number of thiazole rings is 1. The van der Waals surface area contributed by atoms with Crippen molar-refractivity contribution in [3.05, 3.63) is 54.1 Å². The molecule has 0 aliphatic carbocycles. The van der Waals surface area contributed by atoms with Gasteiger partial charge in [-0.2, -0.15) is 0 Å². The van der Waals surface area contributed by atoms with E-state index in [1.807, 2.05) is 23.5 Å². The fraction of sp³-hybridized carbons (Fsp3) is 0.448. The quantitative estimate of drug-likeness (QED) is 0.107. The zero-order valence-corrected chi connectivity index (χ0v) is 23.1. The molecule has 0 radical (unpaired) electrons. The molecule has 0 atom stereocenters. The summed E-state index contributed by atoms with van der Waals surface area (Å²) in [4.78, 5) is 9.93. The van der Waals surface area contributed by atoms with Gasteiger partial charge in [0.15, 0.2) is 11.0 Å². The van der Waals surface area contributed by atoms with Crippen LogP contribution in [0.3, 0.4) is 0 Å². The van der Waals surface area contributed by atoms with E-state index in [-0.39, 0.29) is 5.84 Å². The number of hydrogen-bond acceptors (Lipinski definition) is 9. The van der Waals surface area contributed by atoms with Crippen molar-refractivity contribution in [2.24, 2.45) is 10.9 Å². The largest absolute Gasteiger partial charge is 0.494 e. The summed E-state index contributed by atoms with van der Waals surface area (Å²) < 4.78 is 17.3. The normalized spacial score (nSPS) is 16.1. The Hall–Kier alpha value is -3.50. The van der Waals surface area contributed by atoms with E-state index in [4.69, 9.17) is 30.1 Å². The SMILES string of the molecule is N/C(=N\O)c1ccc(OCCCCCOc2ccc(-c3nc(N4CCOCC4)sc3N3CCCC3)cc2)cc1. The Kier molecular flexibility index (Phi) is 9.39. The van der Waals surface area contributed by atoms with E-state index < -0.39 is 0 Å². The Labute approximate surface area is 233 Å². The molecular formula is C29H37N5O4S. The van der Waals surface area contributed by atoms with Gasteiger partial charge in [-0.05, 0) is 80.6 Å². The lowest BCUT2D eigenvalue weighted by molar-refractivity contribution is 0.122. The highest BCUT2D eigenvalue weighted by Gasteiger charge is 2.24. The number of amidine groups is 1. The van der Waals surface area contributed by atoms with Gasteiger partial charge in [-0.1, -0.05) is 16.5 Å². The van der Waals surface area contributed by atoms with Crippen molar-refractivity contribution in [3.63, 3.8) is 0 Å². The number of oxime groups is 1. The van der Waals surface area contributed by atoms with Gasteiger partial charge in [0.2, 0.25) is 0 Å². The smallest absolute Gasteiger partial charge is 0.188 e. The summed E-state index contributed by atoms with van der Waals surface area (Å²) in [6.45, 7) is 6.83. The number of hydrogen-bond donors (Lipinski definition) is 2. The molecule has 9 nitrogen and oxygen atoms in total. The van der Waals surface area contributed by atoms with Crippen molar-refractivity contribution in [1.29, 1.82) is 0 Å². The molecule has 2 saturated heterocycles. The van der Waals surface area contributed by atoms with Gasteiger partial charge in [0.05, 0.1) is 26.4 Å². The molecule has 3 N–H and O–H groups in total. The minimum Gasteiger partial charge on any atom is -0.494 e. The molecule has 1 aromatic heterocycles. The highest BCUT2D eigenvalue weighted by Crippen LogP contribution is 2.41. The van der Waals surface area contributed by atoms with Crippen LogP contribution in [0.5, 0.6) is 11.5 Å². The number of aromatic nitrogens is 1. The second-order valence-corrected chi connectivity index (χ2v) is 10.7. The second kappa shape index (κ2) is 13.5. The molecule has 2 fully saturated rings. The van der Waals surface area contributed by atoms with E-state index in [1.54, 1.807) is 12.1 Å². The summed E-state index contributed by atoms with van der Waals surface area (Å²) in [5.74, 6) is 1.74. The lowest BCUT2D eigenvalue weighted by Gasteiger charge is -2.26. The Balaban J connectivity index is 1.08. The van der Waals surface area contributed by atoms with E-state index >= 15 is 0 Å². The van der Waals surface area contributed by atoms with Gasteiger partial charge < -0.3 is 35.0 Å². The maximum absolute atomic E-state index is 8.74. The summed E-state index contributed by atoms with van der Waals surface area (Å²) in [6, 6.07) is 15.6. The van der Waals surface area contributed by atoms with E-state index in [0.29, 0.717) is 18.8 Å². The van der Waals surface area contributed by atoms with Gasteiger partial charge in [-0.25, -0.2) is 4.98 Å². The van der Waals surface area contributed by atoms with Gasteiger partial charge in [-0.3, -0.25) is 0 Å². The predicted molar refractivity (Wildman–Crippen MR) is 156 cm³/mol. The summed E-state index contributed by atoms with van der Waals surface area (Å²) in [7, 11) is 0. The molecule has 3 heterocycles. The van der Waals surface area contributed by atoms with Crippen LogP contribution in [0.4, 0.5) is 10.1 Å². The van der Waals surface area contributed by atoms with E-state index in [2.05, 4.69) is 39.2 Å². The highest BCUT2D eigenvalue weighted by atomic mass is 32.1. The average Bonchev–Trinajstić information content (AvgIpc) is 3.68. The lowest BCUT2D eigenvalue weighted by Crippen LogP contribution is -2.36. The van der Waals surface area contributed by atoms with Crippen LogP contribution in [0.25, 0.3) is 11.3 Å². The minimum absolute atomic E-state index is 0.0871. The van der Waals surface area contributed by atoms with Crippen LogP contribution >= 0.6 is 11.3 Å². The second-order valence-electron chi connectivity index (χ2n) is 9.74. The molecule has 5 rings (SSSR count). The number of nitrogens with zero attached hydrogens (tertiary/aromatic N) is 4. The molecule has 0 amide bonds. The molecule has 3 aromatic rings. The molecule has 0 saturated carbocycles. The number of rotatable bonds is 12. The van der Waals surface area contributed by atoms with Crippen LogP contribution in [-0.2, 0) is 4.74 Å². The van der Waals surface area contributed by atoms with Crippen LogP contribution in [0.2, 0.25) is 0 Å². The fourth-order valence-electron chi connectivity index (χ4n) is 4.76. The lowest BCUT2D eigenvalue weighted by atomic mass is 10.1. The first-order chi connectivity index (χ1) is 19.2. The van der Waals surface area contributed by atoms with Gasteiger partial charge in [0, 0.05) is 37.3 Å². The third-order valence-electron chi connectivity index (χ3n) is 6.98. The molecule has 208 valence electrons. The molecule has 39 heavy (non-hydrogen) atoms. The van der Waals surface area contributed by atoms with Crippen molar-refractivity contribution in [1.82, 2.24) is 4.98 Å². The van der Waals surface area contributed by atoms with Crippen LogP contribution in [0, 0.1) is 0 Å². The van der Waals surface area contributed by atoms with Crippen molar-refractivity contribution < 1.29 is 19.4 Å². The molecular weight excluding hydrogens is 514 g/mol. The first-order valence-corrected chi connectivity index (χ1v) is 14.6. The highest BCUT2D eigenvalue weighted by molar-refractivity contribution is 7.20. The van der Waals surface area contributed by atoms with Crippen LogP contribution in [0.15, 0.2) is 53.7 Å². The molecule has 2 aliphatic rings. The number of ether oxygens (including phenoxy) is 3. The van der Waals surface area contributed by atoms with Crippen molar-refractivity contribution in [2.75, 3.05) is 62.4 Å². The summed E-state index contributed by atoms with van der Waals surface area (Å²) in [5, 5.41) is 14.1. The Morgan fingerprint density at radius 2 is 1.49 bits per heavy atom.